The third-order valence-corrected chi connectivity index (χ3v) is 4.72. The van der Waals surface area contributed by atoms with E-state index in [4.69, 9.17) is 0 Å². The highest BCUT2D eigenvalue weighted by molar-refractivity contribution is 4.84. The van der Waals surface area contributed by atoms with Crippen molar-refractivity contribution in [1.29, 1.82) is 0 Å². The lowest BCUT2D eigenvalue weighted by Gasteiger charge is -2.40. The molecule has 0 aromatic carbocycles. The van der Waals surface area contributed by atoms with Gasteiger partial charge < -0.3 is 10.0 Å². The van der Waals surface area contributed by atoms with Gasteiger partial charge in [0.2, 0.25) is 0 Å². The molecule has 0 bridgehead atoms. The molecule has 0 spiro atoms. The zero-order valence-corrected chi connectivity index (χ0v) is 11.5. The Hall–Kier alpha value is -0.290. The molecule has 5 heteroatoms. The molecule has 0 radical (unpaired) electrons. The van der Waals surface area contributed by atoms with Gasteiger partial charge in [0.1, 0.15) is 0 Å². The third-order valence-electron chi connectivity index (χ3n) is 4.72. The van der Waals surface area contributed by atoms with E-state index in [1.165, 1.54) is 0 Å². The molecule has 112 valence electrons. The first kappa shape index (κ1) is 15.1. The quantitative estimate of drug-likeness (QED) is 0.839. The molecule has 1 aliphatic carbocycles. The van der Waals surface area contributed by atoms with Crippen molar-refractivity contribution < 1.29 is 18.3 Å². The average molecular weight is 279 g/mol. The maximum absolute atomic E-state index is 12.8. The zero-order valence-electron chi connectivity index (χ0n) is 11.5. The Bertz CT molecular complexity index is 295. The summed E-state index contributed by atoms with van der Waals surface area (Å²) in [6, 6.07) is 0.287. The van der Waals surface area contributed by atoms with Crippen LogP contribution in [0, 0.1) is 11.8 Å². The van der Waals surface area contributed by atoms with Crippen molar-refractivity contribution in [2.45, 2.75) is 63.8 Å². The van der Waals surface area contributed by atoms with E-state index < -0.39 is 12.1 Å². The van der Waals surface area contributed by atoms with Crippen LogP contribution in [0.4, 0.5) is 13.2 Å². The van der Waals surface area contributed by atoms with Crippen LogP contribution in [0.25, 0.3) is 0 Å². The van der Waals surface area contributed by atoms with E-state index in [-0.39, 0.29) is 24.5 Å². The lowest BCUT2D eigenvalue weighted by molar-refractivity contribution is -0.186. The fourth-order valence-corrected chi connectivity index (χ4v) is 3.55. The van der Waals surface area contributed by atoms with Gasteiger partial charge in [-0.1, -0.05) is 6.42 Å². The van der Waals surface area contributed by atoms with E-state index in [1.54, 1.807) is 0 Å². The number of hydrogen-bond donors (Lipinski definition) is 1. The van der Waals surface area contributed by atoms with Crippen molar-refractivity contribution in [3.05, 3.63) is 0 Å². The number of aliphatic hydroxyl groups is 1. The van der Waals surface area contributed by atoms with Crippen molar-refractivity contribution >= 4 is 0 Å². The van der Waals surface area contributed by atoms with Crippen LogP contribution in [0.3, 0.4) is 0 Å². The molecule has 1 N–H and O–H groups in total. The van der Waals surface area contributed by atoms with Crippen LogP contribution in [0.2, 0.25) is 0 Å². The highest BCUT2D eigenvalue weighted by Crippen LogP contribution is 2.40. The normalized spacial score (nSPS) is 38.4. The average Bonchev–Trinajstić information content (AvgIpc) is 2.32. The molecule has 1 saturated carbocycles. The number of halogens is 3. The molecule has 2 rings (SSSR count). The lowest BCUT2D eigenvalue weighted by Crippen LogP contribution is -2.45. The molecule has 2 fully saturated rings. The van der Waals surface area contributed by atoms with Gasteiger partial charge in [-0.25, -0.2) is 0 Å². The SMILES string of the molecule is CC1CC(O)CCN1CC1CCCC(C(F)(F)F)C1. The smallest absolute Gasteiger partial charge is 0.391 e. The molecule has 2 aliphatic rings. The minimum atomic E-state index is -4.03. The Labute approximate surface area is 113 Å². The summed E-state index contributed by atoms with van der Waals surface area (Å²) in [4.78, 5) is 2.26. The second kappa shape index (κ2) is 6.00. The van der Waals surface area contributed by atoms with Gasteiger partial charge in [-0.05, 0) is 44.9 Å². The molecule has 4 atom stereocenters. The summed E-state index contributed by atoms with van der Waals surface area (Å²) in [6.07, 6.45) is -0.570. The van der Waals surface area contributed by atoms with Crippen molar-refractivity contribution in [2.75, 3.05) is 13.1 Å². The highest BCUT2D eigenvalue weighted by Gasteiger charge is 2.42. The van der Waals surface area contributed by atoms with E-state index in [0.29, 0.717) is 12.8 Å². The van der Waals surface area contributed by atoms with Gasteiger partial charge in [0, 0.05) is 19.1 Å². The van der Waals surface area contributed by atoms with E-state index in [2.05, 4.69) is 11.8 Å². The standard InChI is InChI=1S/C14H24F3NO/c1-10-7-13(19)5-6-18(10)9-11-3-2-4-12(8-11)14(15,16)17/h10-13,19H,2-9H2,1H3. The molecule has 2 nitrogen and oxygen atoms in total. The van der Waals surface area contributed by atoms with E-state index in [1.807, 2.05) is 0 Å². The zero-order chi connectivity index (χ0) is 14.0. The fourth-order valence-electron chi connectivity index (χ4n) is 3.55. The number of likely N-dealkylation sites (tertiary alicyclic amines) is 1. The minimum absolute atomic E-state index is 0.165. The predicted octanol–water partition coefficient (Wildman–Crippen LogP) is 3.20. The molecule has 4 unspecified atom stereocenters. The van der Waals surface area contributed by atoms with Gasteiger partial charge in [0.25, 0.3) is 0 Å². The Kier molecular flexibility index (Phi) is 4.77. The first-order valence-electron chi connectivity index (χ1n) is 7.35. The first-order chi connectivity index (χ1) is 8.86. The maximum atomic E-state index is 12.8. The van der Waals surface area contributed by atoms with Crippen molar-refractivity contribution in [3.63, 3.8) is 0 Å². The Balaban J connectivity index is 1.85. The molecular formula is C14H24F3NO. The Morgan fingerprint density at radius 2 is 1.89 bits per heavy atom. The fraction of sp³-hybridized carbons (Fsp3) is 1.00. The molecule has 1 heterocycles. The number of alkyl halides is 3. The third kappa shape index (κ3) is 4.09. The topological polar surface area (TPSA) is 23.5 Å². The second-order valence-electron chi connectivity index (χ2n) is 6.29. The Morgan fingerprint density at radius 3 is 2.53 bits per heavy atom. The second-order valence-corrected chi connectivity index (χ2v) is 6.29. The molecule has 0 amide bonds. The van der Waals surface area contributed by atoms with Gasteiger partial charge in [-0.3, -0.25) is 0 Å². The summed E-state index contributed by atoms with van der Waals surface area (Å²) < 4.78 is 38.3. The summed E-state index contributed by atoms with van der Waals surface area (Å²) >= 11 is 0. The van der Waals surface area contributed by atoms with Gasteiger partial charge in [0.15, 0.2) is 0 Å². The van der Waals surface area contributed by atoms with Crippen LogP contribution >= 0.6 is 0 Å². The van der Waals surface area contributed by atoms with Gasteiger partial charge in [-0.2, -0.15) is 13.2 Å². The number of hydrogen-bond acceptors (Lipinski definition) is 2. The van der Waals surface area contributed by atoms with Gasteiger partial charge in [-0.15, -0.1) is 0 Å². The van der Waals surface area contributed by atoms with Crippen molar-refractivity contribution in [3.8, 4) is 0 Å². The van der Waals surface area contributed by atoms with Crippen molar-refractivity contribution in [2.24, 2.45) is 11.8 Å². The summed E-state index contributed by atoms with van der Waals surface area (Å²) in [5, 5.41) is 9.58. The van der Waals surface area contributed by atoms with Crippen LogP contribution in [0.5, 0.6) is 0 Å². The van der Waals surface area contributed by atoms with Crippen molar-refractivity contribution in [1.82, 2.24) is 4.90 Å². The van der Waals surface area contributed by atoms with E-state index >= 15 is 0 Å². The number of piperidine rings is 1. The van der Waals surface area contributed by atoms with Crippen LogP contribution in [0.1, 0.15) is 45.4 Å². The van der Waals surface area contributed by atoms with E-state index in [0.717, 1.165) is 32.4 Å². The molecule has 0 aromatic heterocycles. The summed E-state index contributed by atoms with van der Waals surface area (Å²) in [5.41, 5.74) is 0. The largest absolute Gasteiger partial charge is 0.393 e. The van der Waals surface area contributed by atoms with Crippen LogP contribution in [-0.2, 0) is 0 Å². The number of rotatable bonds is 2. The molecule has 0 aromatic rings. The minimum Gasteiger partial charge on any atom is -0.393 e. The van der Waals surface area contributed by atoms with Crippen LogP contribution in [-0.4, -0.2) is 41.4 Å². The summed E-state index contributed by atoms with van der Waals surface area (Å²) in [5.74, 6) is -0.935. The predicted molar refractivity (Wildman–Crippen MR) is 67.8 cm³/mol. The first-order valence-corrected chi connectivity index (χ1v) is 7.35. The Morgan fingerprint density at radius 1 is 1.16 bits per heavy atom. The number of nitrogens with zero attached hydrogens (tertiary/aromatic N) is 1. The summed E-state index contributed by atoms with van der Waals surface area (Å²) in [6.45, 7) is 3.64. The van der Waals surface area contributed by atoms with E-state index in [9.17, 15) is 18.3 Å². The van der Waals surface area contributed by atoms with Crippen LogP contribution in [0.15, 0.2) is 0 Å². The van der Waals surface area contributed by atoms with Crippen LogP contribution < -0.4 is 0 Å². The van der Waals surface area contributed by atoms with Gasteiger partial charge in [0.05, 0.1) is 12.0 Å². The number of aliphatic hydroxyl groups excluding tert-OH is 1. The summed E-state index contributed by atoms with van der Waals surface area (Å²) in [7, 11) is 0. The lowest BCUT2D eigenvalue weighted by atomic mass is 9.80. The molecule has 1 aliphatic heterocycles. The maximum Gasteiger partial charge on any atom is 0.391 e. The monoisotopic (exact) mass is 279 g/mol. The molecule has 1 saturated heterocycles. The molecular weight excluding hydrogens is 255 g/mol. The molecule has 19 heavy (non-hydrogen) atoms. The highest BCUT2D eigenvalue weighted by atomic mass is 19.4. The van der Waals surface area contributed by atoms with Gasteiger partial charge >= 0.3 is 6.18 Å².